The number of pyridine rings is 1. The van der Waals surface area contributed by atoms with E-state index in [9.17, 15) is 12.8 Å². The number of nitrogens with zero attached hydrogens (tertiary/aromatic N) is 3. The molecule has 0 aliphatic carbocycles. The van der Waals surface area contributed by atoms with Crippen LogP contribution in [-0.4, -0.2) is 29.4 Å². The lowest BCUT2D eigenvalue weighted by atomic mass is 10.2. The molecule has 0 bridgehead atoms. The number of fused-ring (bicyclic) bond motifs is 1. The molecule has 0 unspecified atom stereocenters. The average molecular weight is 356 g/mol. The van der Waals surface area contributed by atoms with Gasteiger partial charge in [0.2, 0.25) is 0 Å². The van der Waals surface area contributed by atoms with Crippen LogP contribution in [0, 0.1) is 5.82 Å². The number of benzene rings is 1. The molecule has 0 saturated carbocycles. The second-order valence-electron chi connectivity index (χ2n) is 4.83. The zero-order valence-corrected chi connectivity index (χ0v) is 13.5. The molecular formula is C14H11ClFN3O3S. The standard InChI is InChI=1S/C14H11ClFN3O3S/c1-23(20,21)22-8-12-14-9(6-13(15)18-12)7-17-19(14)11-4-2-10(16)3-5-11/h2-7H,8H2,1H3. The zero-order chi connectivity index (χ0) is 16.6. The first-order chi connectivity index (χ1) is 10.8. The number of hydrogen-bond acceptors (Lipinski definition) is 5. The Bertz CT molecular complexity index is 971. The normalized spacial score (nSPS) is 12.0. The Hall–Kier alpha value is -2.03. The lowest BCUT2D eigenvalue weighted by Gasteiger charge is -2.08. The Kier molecular flexibility index (Phi) is 4.05. The molecule has 2 heterocycles. The number of aromatic nitrogens is 3. The maximum absolute atomic E-state index is 13.1. The van der Waals surface area contributed by atoms with E-state index >= 15 is 0 Å². The minimum Gasteiger partial charge on any atom is -0.264 e. The van der Waals surface area contributed by atoms with Crippen molar-refractivity contribution in [3.05, 3.63) is 53.2 Å². The first kappa shape index (κ1) is 15.9. The van der Waals surface area contributed by atoms with Crippen molar-refractivity contribution in [2.45, 2.75) is 6.61 Å². The van der Waals surface area contributed by atoms with Crippen LogP contribution >= 0.6 is 11.6 Å². The molecule has 0 amide bonds. The van der Waals surface area contributed by atoms with Gasteiger partial charge in [-0.15, -0.1) is 0 Å². The minimum absolute atomic E-state index is 0.197. The Labute approximate surface area is 136 Å². The van der Waals surface area contributed by atoms with E-state index in [1.165, 1.54) is 16.8 Å². The molecule has 3 aromatic rings. The minimum atomic E-state index is -3.63. The molecule has 0 atom stereocenters. The Morgan fingerprint density at radius 2 is 2.00 bits per heavy atom. The molecule has 0 saturated heterocycles. The summed E-state index contributed by atoms with van der Waals surface area (Å²) in [5.41, 5.74) is 1.47. The summed E-state index contributed by atoms with van der Waals surface area (Å²) in [4.78, 5) is 4.12. The summed E-state index contributed by atoms with van der Waals surface area (Å²) < 4.78 is 41.8. The van der Waals surface area contributed by atoms with Crippen molar-refractivity contribution in [1.29, 1.82) is 0 Å². The molecule has 0 fully saturated rings. The third kappa shape index (κ3) is 3.49. The Balaban J connectivity index is 2.15. The van der Waals surface area contributed by atoms with E-state index in [1.54, 1.807) is 24.4 Å². The van der Waals surface area contributed by atoms with Gasteiger partial charge in [0.25, 0.3) is 10.1 Å². The summed E-state index contributed by atoms with van der Waals surface area (Å²) in [5, 5.41) is 5.10. The second-order valence-corrected chi connectivity index (χ2v) is 6.86. The first-order valence-corrected chi connectivity index (χ1v) is 8.66. The number of hydrogen-bond donors (Lipinski definition) is 0. The van der Waals surface area contributed by atoms with E-state index in [2.05, 4.69) is 10.1 Å². The largest absolute Gasteiger partial charge is 0.264 e. The van der Waals surface area contributed by atoms with Gasteiger partial charge in [-0.05, 0) is 30.3 Å². The first-order valence-electron chi connectivity index (χ1n) is 6.47. The summed E-state index contributed by atoms with van der Waals surface area (Å²) in [6.07, 6.45) is 2.52. The third-order valence-corrected chi connectivity index (χ3v) is 3.81. The molecule has 3 rings (SSSR count). The molecule has 120 valence electrons. The zero-order valence-electron chi connectivity index (χ0n) is 11.9. The molecule has 0 aliphatic rings. The van der Waals surface area contributed by atoms with Crippen molar-refractivity contribution in [1.82, 2.24) is 14.8 Å². The highest BCUT2D eigenvalue weighted by atomic mass is 35.5. The van der Waals surface area contributed by atoms with Crippen LogP contribution in [0.3, 0.4) is 0 Å². The molecule has 9 heteroatoms. The average Bonchev–Trinajstić information content (AvgIpc) is 2.88. The second kappa shape index (κ2) is 5.88. The number of halogens is 2. The van der Waals surface area contributed by atoms with Crippen molar-refractivity contribution in [3.63, 3.8) is 0 Å². The van der Waals surface area contributed by atoms with Crippen molar-refractivity contribution in [3.8, 4) is 5.69 Å². The van der Waals surface area contributed by atoms with Gasteiger partial charge in [0.05, 0.1) is 29.4 Å². The lowest BCUT2D eigenvalue weighted by Crippen LogP contribution is -2.07. The van der Waals surface area contributed by atoms with E-state index in [0.29, 0.717) is 22.3 Å². The summed E-state index contributed by atoms with van der Waals surface area (Å²) >= 11 is 5.95. The van der Waals surface area contributed by atoms with Crippen LogP contribution in [0.15, 0.2) is 36.5 Å². The van der Waals surface area contributed by atoms with Gasteiger partial charge in [-0.2, -0.15) is 13.5 Å². The fourth-order valence-corrected chi connectivity index (χ4v) is 2.68. The van der Waals surface area contributed by atoms with E-state index in [4.69, 9.17) is 15.8 Å². The van der Waals surface area contributed by atoms with E-state index in [1.807, 2.05) is 0 Å². The van der Waals surface area contributed by atoms with Gasteiger partial charge in [0, 0.05) is 5.39 Å². The topological polar surface area (TPSA) is 74.1 Å². The summed E-state index contributed by atoms with van der Waals surface area (Å²) in [6.45, 7) is -0.275. The molecule has 6 nitrogen and oxygen atoms in total. The maximum atomic E-state index is 13.1. The van der Waals surface area contributed by atoms with E-state index < -0.39 is 10.1 Å². The van der Waals surface area contributed by atoms with Crippen molar-refractivity contribution in [2.24, 2.45) is 0 Å². The van der Waals surface area contributed by atoms with Crippen LogP contribution < -0.4 is 0 Å². The quantitative estimate of drug-likeness (QED) is 0.531. The summed E-state index contributed by atoms with van der Waals surface area (Å²) in [5.74, 6) is -0.369. The fourth-order valence-electron chi connectivity index (χ4n) is 2.14. The van der Waals surface area contributed by atoms with Gasteiger partial charge in [0.15, 0.2) is 0 Å². The van der Waals surface area contributed by atoms with Crippen molar-refractivity contribution >= 4 is 32.6 Å². The van der Waals surface area contributed by atoms with Crippen LogP contribution in [0.25, 0.3) is 16.6 Å². The Morgan fingerprint density at radius 3 is 2.65 bits per heavy atom. The predicted molar refractivity (Wildman–Crippen MR) is 83.5 cm³/mol. The van der Waals surface area contributed by atoms with E-state index in [-0.39, 0.29) is 17.6 Å². The van der Waals surface area contributed by atoms with Gasteiger partial charge in [-0.1, -0.05) is 11.6 Å². The molecule has 0 radical (unpaired) electrons. The van der Waals surface area contributed by atoms with Gasteiger partial charge >= 0.3 is 0 Å². The van der Waals surface area contributed by atoms with Crippen LogP contribution in [0.5, 0.6) is 0 Å². The molecule has 1 aromatic carbocycles. The monoisotopic (exact) mass is 355 g/mol. The highest BCUT2D eigenvalue weighted by molar-refractivity contribution is 7.85. The SMILES string of the molecule is CS(=O)(=O)OCc1nc(Cl)cc2cnn(-c3ccc(F)cc3)c12. The molecule has 2 aromatic heterocycles. The molecule has 0 aliphatic heterocycles. The Morgan fingerprint density at radius 1 is 1.30 bits per heavy atom. The fraction of sp³-hybridized carbons (Fsp3) is 0.143. The smallest absolute Gasteiger partial charge is 0.264 e. The maximum Gasteiger partial charge on any atom is 0.264 e. The highest BCUT2D eigenvalue weighted by Gasteiger charge is 2.15. The lowest BCUT2D eigenvalue weighted by molar-refractivity contribution is 0.308. The summed E-state index contributed by atoms with van der Waals surface area (Å²) in [7, 11) is -3.63. The van der Waals surface area contributed by atoms with Crippen LogP contribution in [0.4, 0.5) is 4.39 Å². The summed E-state index contributed by atoms with van der Waals surface area (Å²) in [6, 6.07) is 7.32. The van der Waals surface area contributed by atoms with E-state index in [0.717, 1.165) is 6.26 Å². The van der Waals surface area contributed by atoms with Crippen LogP contribution in [0.2, 0.25) is 5.15 Å². The van der Waals surface area contributed by atoms with Crippen molar-refractivity contribution < 1.29 is 17.0 Å². The van der Waals surface area contributed by atoms with Gasteiger partial charge < -0.3 is 0 Å². The van der Waals surface area contributed by atoms with Gasteiger partial charge in [0.1, 0.15) is 17.6 Å². The predicted octanol–water partition coefficient (Wildman–Crippen LogP) is 2.69. The van der Waals surface area contributed by atoms with Crippen LogP contribution in [0.1, 0.15) is 5.69 Å². The molecule has 0 N–H and O–H groups in total. The molecule has 0 spiro atoms. The highest BCUT2D eigenvalue weighted by Crippen LogP contribution is 2.24. The molecule has 23 heavy (non-hydrogen) atoms. The molecular weight excluding hydrogens is 345 g/mol. The van der Waals surface area contributed by atoms with Crippen LogP contribution in [-0.2, 0) is 20.9 Å². The third-order valence-electron chi connectivity index (χ3n) is 3.07. The van der Waals surface area contributed by atoms with Gasteiger partial charge in [-0.25, -0.2) is 14.1 Å². The number of rotatable bonds is 4. The van der Waals surface area contributed by atoms with Crippen molar-refractivity contribution in [2.75, 3.05) is 6.26 Å². The van der Waals surface area contributed by atoms with Gasteiger partial charge in [-0.3, -0.25) is 4.18 Å².